The van der Waals surface area contributed by atoms with Crippen LogP contribution in [0.25, 0.3) is 0 Å². The lowest BCUT2D eigenvalue weighted by molar-refractivity contribution is 0.0600. The molecule has 0 spiro atoms. The molecule has 1 heterocycles. The minimum atomic E-state index is -0.717. The van der Waals surface area contributed by atoms with Gasteiger partial charge in [0, 0.05) is 6.07 Å². The number of hydrogen-bond donors (Lipinski definition) is 1. The molecule has 2 aromatic rings. The SMILES string of the molecule is COC(=O)c1coc(CNc2cc(Br)c(F)cc2F)c1. The molecule has 0 aliphatic heterocycles. The van der Waals surface area contributed by atoms with Gasteiger partial charge in [0.15, 0.2) is 0 Å². The number of halogens is 3. The van der Waals surface area contributed by atoms with E-state index in [0.29, 0.717) is 5.76 Å². The summed E-state index contributed by atoms with van der Waals surface area (Å²) in [6.45, 7) is 0.145. The third kappa shape index (κ3) is 3.16. The number of hydrogen-bond acceptors (Lipinski definition) is 4. The zero-order chi connectivity index (χ0) is 14.7. The number of benzene rings is 1. The van der Waals surface area contributed by atoms with Crippen molar-refractivity contribution in [1.82, 2.24) is 0 Å². The second-order valence-corrected chi connectivity index (χ2v) is 4.75. The third-order valence-corrected chi connectivity index (χ3v) is 3.15. The van der Waals surface area contributed by atoms with E-state index in [1.54, 1.807) is 0 Å². The van der Waals surface area contributed by atoms with Crippen molar-refractivity contribution in [2.24, 2.45) is 0 Å². The molecule has 0 amide bonds. The number of ether oxygens (including phenoxy) is 1. The lowest BCUT2D eigenvalue weighted by Crippen LogP contribution is -2.02. The van der Waals surface area contributed by atoms with Crippen LogP contribution in [-0.2, 0) is 11.3 Å². The Kier molecular flexibility index (Phi) is 4.39. The largest absolute Gasteiger partial charge is 0.467 e. The van der Waals surface area contributed by atoms with E-state index in [-0.39, 0.29) is 22.3 Å². The number of carbonyl (C=O) groups is 1. The first-order valence-corrected chi connectivity index (χ1v) is 6.34. The Morgan fingerprint density at radius 3 is 2.80 bits per heavy atom. The maximum Gasteiger partial charge on any atom is 0.341 e. The van der Waals surface area contributed by atoms with Gasteiger partial charge in [0.25, 0.3) is 0 Å². The quantitative estimate of drug-likeness (QED) is 0.677. The highest BCUT2D eigenvalue weighted by Gasteiger charge is 2.12. The molecule has 0 saturated carbocycles. The molecule has 4 nitrogen and oxygen atoms in total. The van der Waals surface area contributed by atoms with Crippen molar-refractivity contribution in [3.8, 4) is 0 Å². The summed E-state index contributed by atoms with van der Waals surface area (Å²) in [5, 5.41) is 2.75. The maximum absolute atomic E-state index is 13.5. The van der Waals surface area contributed by atoms with Crippen LogP contribution in [0.1, 0.15) is 16.1 Å². The van der Waals surface area contributed by atoms with Crippen molar-refractivity contribution in [3.63, 3.8) is 0 Å². The van der Waals surface area contributed by atoms with Gasteiger partial charge in [-0.3, -0.25) is 0 Å². The van der Waals surface area contributed by atoms with Crippen molar-refractivity contribution < 1.29 is 22.7 Å². The Morgan fingerprint density at radius 2 is 2.10 bits per heavy atom. The summed E-state index contributed by atoms with van der Waals surface area (Å²) in [6.07, 6.45) is 1.25. The Bertz CT molecular complexity index is 643. The van der Waals surface area contributed by atoms with Crippen LogP contribution in [0.5, 0.6) is 0 Å². The van der Waals surface area contributed by atoms with Gasteiger partial charge in [0.05, 0.1) is 29.4 Å². The Morgan fingerprint density at radius 1 is 1.35 bits per heavy atom. The first-order chi connectivity index (χ1) is 9.51. The van der Waals surface area contributed by atoms with Gasteiger partial charge in [-0.15, -0.1) is 0 Å². The van der Waals surface area contributed by atoms with E-state index in [1.165, 1.54) is 25.5 Å². The van der Waals surface area contributed by atoms with E-state index in [0.717, 1.165) is 6.07 Å². The molecule has 0 aliphatic carbocycles. The van der Waals surface area contributed by atoms with Gasteiger partial charge in [-0.05, 0) is 28.1 Å². The zero-order valence-corrected chi connectivity index (χ0v) is 12.0. The second-order valence-electron chi connectivity index (χ2n) is 3.89. The standard InChI is InChI=1S/C13H10BrF2NO3/c1-19-13(18)7-2-8(20-6-7)5-17-12-3-9(14)10(15)4-11(12)16/h2-4,6,17H,5H2,1H3. The molecule has 7 heteroatoms. The van der Waals surface area contributed by atoms with Crippen LogP contribution in [-0.4, -0.2) is 13.1 Å². The summed E-state index contributed by atoms with van der Waals surface area (Å²) in [5.41, 5.74) is 0.388. The molecule has 0 atom stereocenters. The fraction of sp³-hybridized carbons (Fsp3) is 0.154. The maximum atomic E-state index is 13.5. The Balaban J connectivity index is 2.07. The second kappa shape index (κ2) is 6.04. The molecule has 0 fully saturated rings. The monoisotopic (exact) mass is 345 g/mol. The van der Waals surface area contributed by atoms with Crippen LogP contribution >= 0.6 is 15.9 Å². The first kappa shape index (κ1) is 14.5. The van der Waals surface area contributed by atoms with Crippen molar-refractivity contribution in [3.05, 3.63) is 51.9 Å². The molecule has 1 aromatic carbocycles. The number of anilines is 1. The van der Waals surface area contributed by atoms with Gasteiger partial charge >= 0.3 is 5.97 Å². The van der Waals surface area contributed by atoms with Crippen LogP contribution in [0.2, 0.25) is 0 Å². The molecule has 1 N–H and O–H groups in total. The highest BCUT2D eigenvalue weighted by Crippen LogP contribution is 2.24. The van der Waals surface area contributed by atoms with Crippen LogP contribution in [0.3, 0.4) is 0 Å². The van der Waals surface area contributed by atoms with E-state index in [1.807, 2.05) is 0 Å². The van der Waals surface area contributed by atoms with E-state index < -0.39 is 17.6 Å². The van der Waals surface area contributed by atoms with Crippen LogP contribution in [0, 0.1) is 11.6 Å². The molecule has 0 saturated heterocycles. The minimum Gasteiger partial charge on any atom is -0.467 e. The molecule has 1 aromatic heterocycles. The van der Waals surface area contributed by atoms with Crippen molar-refractivity contribution in [1.29, 1.82) is 0 Å². The summed E-state index contributed by atoms with van der Waals surface area (Å²) in [6, 6.07) is 3.54. The predicted molar refractivity (Wildman–Crippen MR) is 71.4 cm³/mol. The fourth-order valence-corrected chi connectivity index (χ4v) is 1.88. The molecule has 106 valence electrons. The van der Waals surface area contributed by atoms with Crippen molar-refractivity contribution >= 4 is 27.6 Å². The van der Waals surface area contributed by atoms with Gasteiger partial charge < -0.3 is 14.5 Å². The van der Waals surface area contributed by atoms with Gasteiger partial charge in [-0.25, -0.2) is 13.6 Å². The van der Waals surface area contributed by atoms with E-state index in [9.17, 15) is 13.6 Å². The smallest absolute Gasteiger partial charge is 0.341 e. The van der Waals surface area contributed by atoms with Gasteiger partial charge in [0.1, 0.15) is 23.7 Å². The molecule has 0 aliphatic rings. The number of methoxy groups -OCH3 is 1. The molecular weight excluding hydrogens is 336 g/mol. The number of esters is 1. The average Bonchev–Trinajstić information content (AvgIpc) is 2.89. The molecule has 20 heavy (non-hydrogen) atoms. The molecule has 0 radical (unpaired) electrons. The molecule has 2 rings (SSSR count). The summed E-state index contributed by atoms with van der Waals surface area (Å²) in [5.74, 6) is -1.49. The van der Waals surface area contributed by atoms with Crippen LogP contribution < -0.4 is 5.32 Å². The minimum absolute atomic E-state index is 0.120. The zero-order valence-electron chi connectivity index (χ0n) is 10.4. The predicted octanol–water partition coefficient (Wildman–Crippen LogP) is 3.72. The van der Waals surface area contributed by atoms with Crippen LogP contribution in [0.15, 0.2) is 33.4 Å². The number of furan rings is 1. The number of carbonyl (C=O) groups excluding carboxylic acids is 1. The lowest BCUT2D eigenvalue weighted by atomic mass is 10.2. The Labute approximate surface area is 121 Å². The fourth-order valence-electron chi connectivity index (χ4n) is 1.54. The average molecular weight is 346 g/mol. The topological polar surface area (TPSA) is 51.5 Å². The lowest BCUT2D eigenvalue weighted by Gasteiger charge is -2.06. The summed E-state index contributed by atoms with van der Waals surface area (Å²) in [4.78, 5) is 11.2. The molecule has 0 unspecified atom stereocenters. The molecular formula is C13H10BrF2NO3. The summed E-state index contributed by atoms with van der Waals surface area (Å²) < 4.78 is 36.4. The molecule has 0 bridgehead atoms. The van der Waals surface area contributed by atoms with Gasteiger partial charge in [-0.2, -0.15) is 0 Å². The van der Waals surface area contributed by atoms with Crippen molar-refractivity contribution in [2.45, 2.75) is 6.54 Å². The number of nitrogens with one attached hydrogen (secondary N) is 1. The highest BCUT2D eigenvalue weighted by atomic mass is 79.9. The van der Waals surface area contributed by atoms with Crippen molar-refractivity contribution in [2.75, 3.05) is 12.4 Å². The van der Waals surface area contributed by atoms with Gasteiger partial charge in [0.2, 0.25) is 0 Å². The van der Waals surface area contributed by atoms with Gasteiger partial charge in [-0.1, -0.05) is 0 Å². The summed E-state index contributed by atoms with van der Waals surface area (Å²) >= 11 is 2.97. The Hall–Kier alpha value is -1.89. The number of rotatable bonds is 4. The van der Waals surface area contributed by atoms with Crippen LogP contribution in [0.4, 0.5) is 14.5 Å². The first-order valence-electron chi connectivity index (χ1n) is 5.55. The van der Waals surface area contributed by atoms with E-state index in [4.69, 9.17) is 4.42 Å². The third-order valence-electron chi connectivity index (χ3n) is 2.54. The highest BCUT2D eigenvalue weighted by molar-refractivity contribution is 9.10. The normalized spacial score (nSPS) is 10.4. The van der Waals surface area contributed by atoms with E-state index >= 15 is 0 Å². The van der Waals surface area contributed by atoms with E-state index in [2.05, 4.69) is 26.0 Å². The summed E-state index contributed by atoms with van der Waals surface area (Å²) in [7, 11) is 1.26.